The van der Waals surface area contributed by atoms with Crippen LogP contribution in [0.15, 0.2) is 12.3 Å². The molecular weight excluding hydrogens is 162 g/mol. The Hall–Kier alpha value is -0.480. The minimum atomic E-state index is -2.26. The molecule has 1 rings (SSSR count). The molecule has 1 heterocycles. The Morgan fingerprint density at radius 2 is 2.17 bits per heavy atom. The Bertz CT molecular complexity index is 193. The van der Waals surface area contributed by atoms with Gasteiger partial charge in [-0.05, 0) is 13.0 Å². The summed E-state index contributed by atoms with van der Waals surface area (Å²) in [6.45, 7) is 1.85. The topological polar surface area (TPSA) is 3.24 Å². The molecule has 0 aromatic heterocycles. The van der Waals surface area contributed by atoms with Gasteiger partial charge in [-0.3, -0.25) is 0 Å². The van der Waals surface area contributed by atoms with Gasteiger partial charge in [0.2, 0.25) is 0 Å². The Balaban J connectivity index is 2.66. The van der Waals surface area contributed by atoms with Crippen LogP contribution in [-0.2, 0) is 0 Å². The van der Waals surface area contributed by atoms with E-state index in [2.05, 4.69) is 0 Å². The molecule has 0 fully saturated rings. The van der Waals surface area contributed by atoms with E-state index >= 15 is 0 Å². The summed E-state index contributed by atoms with van der Waals surface area (Å²) in [5.74, 6) is 0. The molecule has 0 amide bonds. The summed E-state index contributed by atoms with van der Waals surface area (Å²) in [4.78, 5) is 0. The van der Waals surface area contributed by atoms with Gasteiger partial charge >= 0.3 is 0 Å². The second kappa shape index (κ2) is 3.11. The van der Waals surface area contributed by atoms with Gasteiger partial charge in [-0.2, -0.15) is 0 Å². The normalized spacial score (nSPS) is 36.7. The van der Waals surface area contributed by atoms with Crippen LogP contribution in [0.4, 0.5) is 8.78 Å². The van der Waals surface area contributed by atoms with Crippen molar-refractivity contribution in [2.75, 3.05) is 20.6 Å². The highest BCUT2D eigenvalue weighted by molar-refractivity contribution is 4.90. The van der Waals surface area contributed by atoms with Gasteiger partial charge in [0.25, 0.3) is 6.43 Å². The van der Waals surface area contributed by atoms with E-state index < -0.39 is 6.43 Å². The number of alkyl halides is 2. The number of halogens is 2. The summed E-state index contributed by atoms with van der Waals surface area (Å²) in [5.41, 5.74) is 0. The molecule has 12 heavy (non-hydrogen) atoms. The summed E-state index contributed by atoms with van der Waals surface area (Å²) >= 11 is 0. The molecular formula is C8H15F2N2+. The first kappa shape index (κ1) is 9.61. The van der Waals surface area contributed by atoms with Crippen LogP contribution in [0.25, 0.3) is 0 Å². The van der Waals surface area contributed by atoms with Crippen molar-refractivity contribution in [3.05, 3.63) is 12.3 Å². The zero-order valence-electron chi connectivity index (χ0n) is 7.67. The number of rotatable bonds is 2. The number of hydrogen-bond donors (Lipinski definition) is 0. The molecule has 0 N–H and O–H groups in total. The van der Waals surface area contributed by atoms with Gasteiger partial charge in [0.05, 0.1) is 13.1 Å². The summed E-state index contributed by atoms with van der Waals surface area (Å²) in [6.07, 6.45) is 1.51. The molecule has 1 aliphatic rings. The fourth-order valence-electron chi connectivity index (χ4n) is 1.42. The predicted octanol–water partition coefficient (Wildman–Crippen LogP) is 1.46. The molecule has 0 bridgehead atoms. The first-order valence-corrected chi connectivity index (χ1v) is 4.02. The van der Waals surface area contributed by atoms with Crippen molar-refractivity contribution in [1.82, 2.24) is 5.01 Å². The first-order chi connectivity index (χ1) is 5.46. The summed E-state index contributed by atoms with van der Waals surface area (Å²) in [7, 11) is 3.64. The molecule has 2 atom stereocenters. The zero-order chi connectivity index (χ0) is 9.35. The maximum absolute atomic E-state index is 12.2. The van der Waals surface area contributed by atoms with Crippen molar-refractivity contribution >= 4 is 0 Å². The molecule has 0 spiro atoms. The van der Waals surface area contributed by atoms with Gasteiger partial charge in [-0.15, -0.1) is 5.01 Å². The Labute approximate surface area is 71.6 Å². The van der Waals surface area contributed by atoms with E-state index in [-0.39, 0.29) is 17.2 Å². The zero-order valence-corrected chi connectivity index (χ0v) is 7.67. The average Bonchev–Trinajstić information content (AvgIpc) is 2.16. The van der Waals surface area contributed by atoms with Crippen molar-refractivity contribution in [2.24, 2.45) is 0 Å². The van der Waals surface area contributed by atoms with Gasteiger partial charge in [-0.1, -0.05) is 0 Å². The van der Waals surface area contributed by atoms with Gasteiger partial charge in [0, 0.05) is 7.05 Å². The van der Waals surface area contributed by atoms with Crippen LogP contribution in [0, 0.1) is 0 Å². The van der Waals surface area contributed by atoms with E-state index in [0.717, 1.165) is 0 Å². The van der Waals surface area contributed by atoms with Crippen LogP contribution >= 0.6 is 0 Å². The molecule has 0 aliphatic carbocycles. The van der Waals surface area contributed by atoms with Crippen LogP contribution < -0.4 is 0 Å². The lowest BCUT2D eigenvalue weighted by atomic mass is 10.3. The highest BCUT2D eigenvalue weighted by Crippen LogP contribution is 2.21. The fourth-order valence-corrected chi connectivity index (χ4v) is 1.42. The SMILES string of the molecule is CC1C=C[N+](C)(CC(F)F)N1C. The highest BCUT2D eigenvalue weighted by Gasteiger charge is 2.36. The number of quaternary nitrogens is 1. The molecule has 0 saturated carbocycles. The smallest absolute Gasteiger partial charge is 0.215 e. The Morgan fingerprint density at radius 1 is 1.58 bits per heavy atom. The molecule has 4 heteroatoms. The lowest BCUT2D eigenvalue weighted by molar-refractivity contribution is -0.972. The van der Waals surface area contributed by atoms with E-state index in [1.165, 1.54) is 0 Å². The van der Waals surface area contributed by atoms with Crippen molar-refractivity contribution in [2.45, 2.75) is 19.4 Å². The van der Waals surface area contributed by atoms with E-state index in [1.807, 2.05) is 31.3 Å². The van der Waals surface area contributed by atoms with Crippen LogP contribution in [-0.4, -0.2) is 42.7 Å². The summed E-state index contributed by atoms with van der Waals surface area (Å²) in [6, 6.07) is 0.244. The van der Waals surface area contributed by atoms with E-state index in [1.54, 1.807) is 7.05 Å². The second-order valence-electron chi connectivity index (χ2n) is 3.44. The molecule has 0 aromatic carbocycles. The molecule has 2 nitrogen and oxygen atoms in total. The molecule has 0 aromatic rings. The minimum absolute atomic E-state index is 0.142. The molecule has 0 saturated heterocycles. The van der Waals surface area contributed by atoms with Crippen LogP contribution in [0.2, 0.25) is 0 Å². The summed E-state index contributed by atoms with van der Waals surface area (Å²) in [5, 5.41) is 1.91. The molecule has 2 unspecified atom stereocenters. The largest absolute Gasteiger partial charge is 0.288 e. The third kappa shape index (κ3) is 1.64. The fraction of sp³-hybridized carbons (Fsp3) is 0.750. The number of likely N-dealkylation sites (N-methyl/N-ethyl adjacent to an activating group) is 1. The van der Waals surface area contributed by atoms with Crippen LogP contribution in [0.3, 0.4) is 0 Å². The van der Waals surface area contributed by atoms with E-state index in [0.29, 0.717) is 0 Å². The highest BCUT2D eigenvalue weighted by atomic mass is 19.3. The van der Waals surface area contributed by atoms with Crippen molar-refractivity contribution in [1.29, 1.82) is 0 Å². The van der Waals surface area contributed by atoms with Crippen molar-refractivity contribution in [3.8, 4) is 0 Å². The average molecular weight is 177 g/mol. The Kier molecular flexibility index (Phi) is 2.49. The lowest BCUT2D eigenvalue weighted by Gasteiger charge is -2.34. The van der Waals surface area contributed by atoms with E-state index in [9.17, 15) is 8.78 Å². The standard InChI is InChI=1S/C8H15F2N2/c1-7-4-5-12(3,11(7)2)6-8(9)10/h4-5,7-8H,6H2,1-3H3/q+1. The monoisotopic (exact) mass is 177 g/mol. The maximum Gasteiger partial charge on any atom is 0.288 e. The number of nitrogens with zero attached hydrogens (tertiary/aromatic N) is 2. The first-order valence-electron chi connectivity index (χ1n) is 4.02. The second-order valence-corrected chi connectivity index (χ2v) is 3.44. The third-order valence-corrected chi connectivity index (χ3v) is 2.50. The molecule has 1 aliphatic heterocycles. The summed E-state index contributed by atoms with van der Waals surface area (Å²) < 4.78 is 24.5. The Morgan fingerprint density at radius 3 is 2.50 bits per heavy atom. The van der Waals surface area contributed by atoms with E-state index in [4.69, 9.17) is 0 Å². The third-order valence-electron chi connectivity index (χ3n) is 2.50. The van der Waals surface area contributed by atoms with Gasteiger partial charge < -0.3 is 0 Å². The maximum atomic E-state index is 12.2. The quantitative estimate of drug-likeness (QED) is 0.577. The van der Waals surface area contributed by atoms with Gasteiger partial charge in [-0.25, -0.2) is 13.4 Å². The molecule has 0 radical (unpaired) electrons. The van der Waals surface area contributed by atoms with Gasteiger partial charge in [0.15, 0.2) is 6.54 Å². The van der Waals surface area contributed by atoms with Crippen LogP contribution in [0.5, 0.6) is 0 Å². The van der Waals surface area contributed by atoms with Crippen LogP contribution in [0.1, 0.15) is 6.92 Å². The molecule has 70 valence electrons. The van der Waals surface area contributed by atoms with Crippen molar-refractivity contribution in [3.63, 3.8) is 0 Å². The van der Waals surface area contributed by atoms with Gasteiger partial charge in [0.1, 0.15) is 6.20 Å². The number of hydrogen-bond acceptors (Lipinski definition) is 1. The lowest BCUT2D eigenvalue weighted by Crippen LogP contribution is -2.53. The minimum Gasteiger partial charge on any atom is -0.215 e. The predicted molar refractivity (Wildman–Crippen MR) is 43.4 cm³/mol. The van der Waals surface area contributed by atoms with Crippen molar-refractivity contribution < 1.29 is 13.4 Å².